The van der Waals surface area contributed by atoms with E-state index in [4.69, 9.17) is 28.4 Å². The van der Waals surface area contributed by atoms with Gasteiger partial charge in [0.15, 0.2) is 23.6 Å². The summed E-state index contributed by atoms with van der Waals surface area (Å²) < 4.78 is 32.4. The van der Waals surface area contributed by atoms with Crippen LogP contribution in [0.4, 0.5) is 0 Å². The van der Waals surface area contributed by atoms with E-state index in [1.165, 1.54) is 40.1 Å². The van der Waals surface area contributed by atoms with Crippen molar-refractivity contribution in [1.82, 2.24) is 10.3 Å². The molecule has 1 aliphatic rings. The Bertz CT molecular complexity index is 1460. The Hall–Kier alpha value is -5.01. The molecule has 1 N–H and O–H groups in total. The van der Waals surface area contributed by atoms with Crippen molar-refractivity contribution in [3.63, 3.8) is 0 Å². The lowest BCUT2D eigenvalue weighted by atomic mass is 9.91. The summed E-state index contributed by atoms with van der Waals surface area (Å²) in [5.74, 6) is -7.24. The monoisotopic (exact) mass is 642 g/mol. The van der Waals surface area contributed by atoms with Crippen LogP contribution in [-0.2, 0) is 49.3 Å². The quantitative estimate of drug-likeness (QED) is 0.295. The van der Waals surface area contributed by atoms with Gasteiger partial charge in [0, 0.05) is 19.2 Å². The third kappa shape index (κ3) is 9.02. The van der Waals surface area contributed by atoms with Crippen molar-refractivity contribution in [3.8, 4) is 11.5 Å². The molecule has 0 aliphatic carbocycles. The molecule has 0 unspecified atom stereocenters. The lowest BCUT2D eigenvalue weighted by Gasteiger charge is -2.29. The van der Waals surface area contributed by atoms with Crippen molar-refractivity contribution in [2.75, 3.05) is 13.7 Å². The van der Waals surface area contributed by atoms with Gasteiger partial charge in [0.1, 0.15) is 18.6 Å². The molecule has 1 amide bonds. The second kappa shape index (κ2) is 15.3. The van der Waals surface area contributed by atoms with Crippen LogP contribution in [0.2, 0.25) is 0 Å². The topological polar surface area (TPSA) is 183 Å². The summed E-state index contributed by atoms with van der Waals surface area (Å²) in [5, 5.41) is 2.40. The van der Waals surface area contributed by atoms with Gasteiger partial charge in [-0.3, -0.25) is 19.2 Å². The maximum Gasteiger partial charge on any atom is 0.355 e. The first-order valence-electron chi connectivity index (χ1n) is 14.5. The summed E-state index contributed by atoms with van der Waals surface area (Å²) >= 11 is 0. The van der Waals surface area contributed by atoms with Gasteiger partial charge < -0.3 is 33.7 Å². The normalized spacial score (nSPS) is 20.2. The molecule has 1 fully saturated rings. The minimum atomic E-state index is -1.74. The fraction of sp³-hybridized carbons (Fsp3) is 0.469. The Morgan fingerprint density at radius 1 is 1.07 bits per heavy atom. The highest BCUT2D eigenvalue weighted by atomic mass is 16.6. The molecule has 0 spiro atoms. The van der Waals surface area contributed by atoms with Crippen LogP contribution >= 0.6 is 0 Å². The number of cyclic esters (lactones) is 2. The molecule has 248 valence electrons. The summed E-state index contributed by atoms with van der Waals surface area (Å²) in [5.41, 5.74) is -1.46. The van der Waals surface area contributed by atoms with E-state index in [0.29, 0.717) is 0 Å². The van der Waals surface area contributed by atoms with E-state index in [2.05, 4.69) is 10.3 Å². The van der Waals surface area contributed by atoms with E-state index in [-0.39, 0.29) is 12.2 Å². The maximum absolute atomic E-state index is 13.5. The summed E-state index contributed by atoms with van der Waals surface area (Å²) in [7, 11) is 1.26. The predicted octanol–water partition coefficient (Wildman–Crippen LogP) is 2.35. The van der Waals surface area contributed by atoms with Crippen LogP contribution in [0.3, 0.4) is 0 Å². The number of hydrogen-bond acceptors (Lipinski definition) is 13. The average molecular weight is 643 g/mol. The van der Waals surface area contributed by atoms with Gasteiger partial charge in [0.05, 0.1) is 13.0 Å². The smallest absolute Gasteiger partial charge is 0.355 e. The molecule has 3 rings (SSSR count). The molecule has 0 saturated carbocycles. The number of aromatic nitrogens is 1. The minimum Gasteiger partial charge on any atom is -0.493 e. The van der Waals surface area contributed by atoms with E-state index in [1.807, 2.05) is 6.07 Å². The molecule has 4 atom stereocenters. The van der Waals surface area contributed by atoms with Gasteiger partial charge in [-0.1, -0.05) is 44.2 Å². The number of benzene rings is 1. The van der Waals surface area contributed by atoms with E-state index in [9.17, 15) is 28.8 Å². The van der Waals surface area contributed by atoms with Gasteiger partial charge in [0.25, 0.3) is 5.91 Å². The predicted molar refractivity (Wildman–Crippen MR) is 158 cm³/mol. The average Bonchev–Trinajstić information content (AvgIpc) is 3.02. The number of hydrogen-bond donors (Lipinski definition) is 1. The molecule has 1 aromatic heterocycles. The Morgan fingerprint density at radius 3 is 2.35 bits per heavy atom. The zero-order valence-corrected chi connectivity index (χ0v) is 26.7. The maximum atomic E-state index is 13.5. The number of rotatable bonds is 10. The second-order valence-electron chi connectivity index (χ2n) is 11.3. The Balaban J connectivity index is 1.90. The largest absolute Gasteiger partial charge is 0.493 e. The number of pyridine rings is 1. The molecule has 14 heteroatoms. The Labute approximate surface area is 266 Å². The first-order valence-corrected chi connectivity index (χ1v) is 14.5. The standard InChI is InChI=1S/C32H38N2O12/c1-17(2)28(37)44-25-18(3)43-30(39)22(16-42-29(38)21(25)15-20-11-9-8-10-12-20)34-27(36)24-26(23(41-7)13-14-33-24)45-31(40)32(5,6)46-19(4)35/h8-14,17-18,21-22,25H,15-16H2,1-7H3,(H,34,36)/t18-,21+,22-,25-/m0/s1. The molecule has 0 radical (unpaired) electrons. The van der Waals surface area contributed by atoms with Crippen molar-refractivity contribution >= 4 is 35.8 Å². The molecule has 46 heavy (non-hydrogen) atoms. The SMILES string of the molecule is COc1ccnc(C(=O)N[C@H]2COC(=O)[C@H](Cc3ccccc3)[C@@H](OC(=O)C(C)C)[C@H](C)OC2=O)c1OC(=O)C(C)(C)OC(C)=O. The zero-order valence-electron chi connectivity index (χ0n) is 26.7. The van der Waals surface area contributed by atoms with Gasteiger partial charge in [0.2, 0.25) is 11.4 Å². The number of esters is 5. The van der Waals surface area contributed by atoms with E-state index in [1.54, 1.807) is 38.1 Å². The minimum absolute atomic E-state index is 0.0669. The zero-order chi connectivity index (χ0) is 34.2. The highest BCUT2D eigenvalue weighted by Crippen LogP contribution is 2.31. The summed E-state index contributed by atoms with van der Waals surface area (Å²) in [6, 6.07) is 8.75. The first-order chi connectivity index (χ1) is 21.6. The molecular weight excluding hydrogens is 604 g/mol. The number of ether oxygens (including phenoxy) is 6. The van der Waals surface area contributed by atoms with Crippen molar-refractivity contribution < 1.29 is 57.2 Å². The van der Waals surface area contributed by atoms with E-state index in [0.717, 1.165) is 12.5 Å². The molecular formula is C32H38N2O12. The Morgan fingerprint density at radius 2 is 1.74 bits per heavy atom. The van der Waals surface area contributed by atoms with Crippen LogP contribution in [0.5, 0.6) is 11.5 Å². The lowest BCUT2D eigenvalue weighted by molar-refractivity contribution is -0.176. The number of carbonyl (C=O) groups is 6. The molecule has 2 heterocycles. The van der Waals surface area contributed by atoms with Gasteiger partial charge in [-0.15, -0.1) is 0 Å². The van der Waals surface area contributed by atoms with Gasteiger partial charge >= 0.3 is 29.8 Å². The number of amides is 1. The third-order valence-corrected chi connectivity index (χ3v) is 6.86. The molecule has 2 aromatic rings. The first kappa shape index (κ1) is 35.5. The van der Waals surface area contributed by atoms with Crippen molar-refractivity contribution in [2.45, 2.75) is 71.8 Å². The molecule has 1 aliphatic heterocycles. The summed E-state index contributed by atoms with van der Waals surface area (Å²) in [6.07, 6.45) is -1.01. The van der Waals surface area contributed by atoms with Crippen molar-refractivity contribution in [2.24, 2.45) is 11.8 Å². The van der Waals surface area contributed by atoms with Crippen LogP contribution in [0.15, 0.2) is 42.6 Å². The molecule has 1 aromatic carbocycles. The van der Waals surface area contributed by atoms with Crippen molar-refractivity contribution in [1.29, 1.82) is 0 Å². The second-order valence-corrected chi connectivity index (χ2v) is 11.3. The van der Waals surface area contributed by atoms with Gasteiger partial charge in [-0.05, 0) is 32.8 Å². The van der Waals surface area contributed by atoms with Gasteiger partial charge in [-0.25, -0.2) is 14.6 Å². The number of nitrogens with one attached hydrogen (secondary N) is 1. The number of carbonyl (C=O) groups excluding carboxylic acids is 6. The Kier molecular flexibility index (Phi) is 11.8. The van der Waals surface area contributed by atoms with Crippen LogP contribution in [0.25, 0.3) is 0 Å². The van der Waals surface area contributed by atoms with Crippen LogP contribution < -0.4 is 14.8 Å². The van der Waals surface area contributed by atoms with Crippen LogP contribution in [-0.4, -0.2) is 78.3 Å². The summed E-state index contributed by atoms with van der Waals surface area (Å²) in [6.45, 7) is 7.78. The van der Waals surface area contributed by atoms with Gasteiger partial charge in [-0.2, -0.15) is 0 Å². The van der Waals surface area contributed by atoms with E-state index >= 15 is 0 Å². The third-order valence-electron chi connectivity index (χ3n) is 6.86. The van der Waals surface area contributed by atoms with Crippen molar-refractivity contribution in [3.05, 3.63) is 53.9 Å². The fourth-order valence-corrected chi connectivity index (χ4v) is 4.45. The van der Waals surface area contributed by atoms with E-state index < -0.39 is 89.5 Å². The highest BCUT2D eigenvalue weighted by molar-refractivity contribution is 5.99. The lowest BCUT2D eigenvalue weighted by Crippen LogP contribution is -2.47. The number of nitrogens with zero attached hydrogens (tertiary/aromatic N) is 1. The molecule has 14 nitrogen and oxygen atoms in total. The molecule has 1 saturated heterocycles. The summed E-state index contributed by atoms with van der Waals surface area (Å²) in [4.78, 5) is 81.2. The number of methoxy groups -OCH3 is 1. The fourth-order valence-electron chi connectivity index (χ4n) is 4.45. The van der Waals surface area contributed by atoms with Crippen LogP contribution in [0, 0.1) is 11.8 Å². The van der Waals surface area contributed by atoms with Crippen LogP contribution in [0.1, 0.15) is 57.6 Å². The molecule has 0 bridgehead atoms. The highest BCUT2D eigenvalue weighted by Gasteiger charge is 2.43.